The summed E-state index contributed by atoms with van der Waals surface area (Å²) in [5.41, 5.74) is -0.401. The number of carbonyl (C=O) groups is 3. The van der Waals surface area contributed by atoms with Crippen LogP contribution in [0.3, 0.4) is 0 Å². The number of carbonyl (C=O) groups excluding carboxylic acids is 3. The van der Waals surface area contributed by atoms with E-state index in [0.29, 0.717) is 18.2 Å². The van der Waals surface area contributed by atoms with E-state index in [1.54, 1.807) is 16.7 Å². The Balaban J connectivity index is 1.42. The Hall–Kier alpha value is -2.32. The van der Waals surface area contributed by atoms with Gasteiger partial charge in [-0.25, -0.2) is 0 Å². The molecular weight excluding hydrogens is 474 g/mol. The van der Waals surface area contributed by atoms with Crippen molar-refractivity contribution in [2.45, 2.75) is 81.1 Å². The molecular formula is C28H37N3O4S. The summed E-state index contributed by atoms with van der Waals surface area (Å²) in [5.74, 6) is -1.53. The Morgan fingerprint density at radius 3 is 2.69 bits per heavy atom. The number of hydrogen-bond donors (Lipinski definition) is 2. The molecule has 0 unspecified atom stereocenters. The van der Waals surface area contributed by atoms with Gasteiger partial charge >= 0.3 is 0 Å². The van der Waals surface area contributed by atoms with Crippen molar-refractivity contribution in [1.29, 1.82) is 0 Å². The first kappa shape index (κ1) is 25.3. The Kier molecular flexibility index (Phi) is 7.18. The molecule has 7 nitrogen and oxygen atoms in total. The second kappa shape index (κ2) is 10.2. The van der Waals surface area contributed by atoms with E-state index in [4.69, 9.17) is 4.74 Å². The molecule has 2 N–H and O–H groups in total. The highest BCUT2D eigenvalue weighted by molar-refractivity contribution is 7.98. The van der Waals surface area contributed by atoms with Crippen molar-refractivity contribution < 1.29 is 19.1 Å². The Labute approximate surface area is 217 Å². The Bertz CT molecular complexity index is 1050. The van der Waals surface area contributed by atoms with Crippen LogP contribution >= 0.6 is 11.8 Å². The average Bonchev–Trinajstić information content (AvgIpc) is 3.50. The summed E-state index contributed by atoms with van der Waals surface area (Å²) >= 11 is 1.60. The van der Waals surface area contributed by atoms with Crippen molar-refractivity contribution in [2.24, 2.45) is 17.8 Å². The minimum atomic E-state index is -1.10. The van der Waals surface area contributed by atoms with Crippen LogP contribution in [-0.2, 0) is 19.1 Å². The minimum Gasteiger partial charge on any atom is -0.359 e. The standard InChI is InChI=1S/C28H37N3O4S/c1-17(2)13-15-31-24(26(33)29-18-8-5-4-6-9-18)28-14-12-21(35-28)22(23(28)27(31)34)25(32)30-19-10-7-11-20(16-19)36-3/h7,10-12,14,16-18,21-24H,4-6,8-9,13,15H2,1-3H3,(H,29,33)(H,30,32)/t21-,22-,23-,24+,28-/m1/s1. The van der Waals surface area contributed by atoms with E-state index in [9.17, 15) is 14.4 Å². The van der Waals surface area contributed by atoms with Gasteiger partial charge in [-0.05, 0) is 49.6 Å². The predicted octanol–water partition coefficient (Wildman–Crippen LogP) is 3.99. The van der Waals surface area contributed by atoms with Crippen LogP contribution in [0.5, 0.6) is 0 Å². The molecule has 0 radical (unpaired) electrons. The number of nitrogens with zero attached hydrogens (tertiary/aromatic N) is 1. The highest BCUT2D eigenvalue weighted by atomic mass is 32.2. The summed E-state index contributed by atoms with van der Waals surface area (Å²) < 4.78 is 6.43. The number of thioether (sulfide) groups is 1. The number of rotatable bonds is 8. The lowest BCUT2D eigenvalue weighted by Crippen LogP contribution is -2.56. The van der Waals surface area contributed by atoms with E-state index in [0.717, 1.165) is 37.0 Å². The number of hydrogen-bond acceptors (Lipinski definition) is 5. The van der Waals surface area contributed by atoms with Crippen LogP contribution in [0, 0.1) is 17.8 Å². The molecule has 1 aromatic carbocycles. The summed E-state index contributed by atoms with van der Waals surface area (Å²) in [5, 5.41) is 6.25. The molecule has 3 fully saturated rings. The van der Waals surface area contributed by atoms with Crippen LogP contribution in [0.1, 0.15) is 52.4 Å². The van der Waals surface area contributed by atoms with Crippen LogP contribution in [0.2, 0.25) is 0 Å². The van der Waals surface area contributed by atoms with Gasteiger partial charge in [0.25, 0.3) is 0 Å². The van der Waals surface area contributed by atoms with E-state index in [1.165, 1.54) is 6.42 Å². The number of anilines is 1. The van der Waals surface area contributed by atoms with Gasteiger partial charge in [-0.3, -0.25) is 14.4 Å². The molecule has 1 aliphatic carbocycles. The number of likely N-dealkylation sites (tertiary alicyclic amines) is 1. The Morgan fingerprint density at radius 2 is 1.97 bits per heavy atom. The van der Waals surface area contributed by atoms with Crippen molar-refractivity contribution in [3.8, 4) is 0 Å². The van der Waals surface area contributed by atoms with E-state index >= 15 is 0 Å². The van der Waals surface area contributed by atoms with E-state index in [-0.39, 0.29) is 23.8 Å². The molecule has 8 heteroatoms. The molecule has 5 rings (SSSR count). The third-order valence-electron chi connectivity index (χ3n) is 8.16. The zero-order chi connectivity index (χ0) is 25.4. The largest absolute Gasteiger partial charge is 0.359 e. The van der Waals surface area contributed by atoms with Gasteiger partial charge < -0.3 is 20.3 Å². The number of nitrogens with one attached hydrogen (secondary N) is 2. The summed E-state index contributed by atoms with van der Waals surface area (Å²) in [6.45, 7) is 4.69. The van der Waals surface area contributed by atoms with Gasteiger partial charge in [0.1, 0.15) is 11.6 Å². The molecule has 1 spiro atoms. The normalized spacial score (nSPS) is 31.2. The van der Waals surface area contributed by atoms with Crippen molar-refractivity contribution in [3.05, 3.63) is 36.4 Å². The molecule has 3 amide bonds. The van der Waals surface area contributed by atoms with E-state index in [2.05, 4.69) is 24.5 Å². The van der Waals surface area contributed by atoms with E-state index in [1.807, 2.05) is 42.7 Å². The maximum atomic E-state index is 13.9. The van der Waals surface area contributed by atoms with Crippen molar-refractivity contribution in [2.75, 3.05) is 18.1 Å². The lowest BCUT2D eigenvalue weighted by atomic mass is 9.74. The second-order valence-corrected chi connectivity index (χ2v) is 11.9. The van der Waals surface area contributed by atoms with Crippen molar-refractivity contribution in [3.63, 3.8) is 0 Å². The van der Waals surface area contributed by atoms with E-state index < -0.39 is 29.6 Å². The van der Waals surface area contributed by atoms with Crippen LogP contribution in [-0.4, -0.2) is 59.2 Å². The molecule has 1 saturated carbocycles. The first-order valence-electron chi connectivity index (χ1n) is 13.3. The summed E-state index contributed by atoms with van der Waals surface area (Å²) in [7, 11) is 0. The fraction of sp³-hybridized carbons (Fsp3) is 0.607. The van der Waals surface area contributed by atoms with Gasteiger partial charge in [-0.1, -0.05) is 51.3 Å². The van der Waals surface area contributed by atoms with Crippen molar-refractivity contribution >= 4 is 35.2 Å². The lowest BCUT2D eigenvalue weighted by Gasteiger charge is -2.34. The maximum absolute atomic E-state index is 13.9. The molecule has 5 atom stereocenters. The molecule has 0 aromatic heterocycles. The molecule has 36 heavy (non-hydrogen) atoms. The summed E-state index contributed by atoms with van der Waals surface area (Å²) in [6, 6.07) is 7.04. The van der Waals surface area contributed by atoms with Gasteiger partial charge in [-0.2, -0.15) is 0 Å². The van der Waals surface area contributed by atoms with Crippen LogP contribution in [0.4, 0.5) is 5.69 Å². The van der Waals surface area contributed by atoms with Gasteiger partial charge in [0.05, 0.1) is 17.9 Å². The zero-order valence-electron chi connectivity index (χ0n) is 21.4. The third kappa shape index (κ3) is 4.47. The predicted molar refractivity (Wildman–Crippen MR) is 141 cm³/mol. The molecule has 2 saturated heterocycles. The van der Waals surface area contributed by atoms with Gasteiger partial charge in [-0.15, -0.1) is 11.8 Å². The smallest absolute Gasteiger partial charge is 0.246 e. The fourth-order valence-electron chi connectivity index (χ4n) is 6.36. The maximum Gasteiger partial charge on any atom is 0.246 e. The SMILES string of the molecule is CSc1cccc(NC(=O)[C@@H]2[C@H]3C=C[C@]4(O3)[C@H](C(=O)NC3CCCCC3)N(CCC(C)C)C(=O)[C@@H]24)c1. The second-order valence-electron chi connectivity index (χ2n) is 11.0. The topological polar surface area (TPSA) is 87.7 Å². The van der Waals surface area contributed by atoms with Gasteiger partial charge in [0.2, 0.25) is 17.7 Å². The minimum absolute atomic E-state index is 0.133. The van der Waals surface area contributed by atoms with Crippen LogP contribution in [0.15, 0.2) is 41.3 Å². The molecule has 194 valence electrons. The Morgan fingerprint density at radius 1 is 1.19 bits per heavy atom. The molecule has 3 aliphatic heterocycles. The lowest BCUT2D eigenvalue weighted by molar-refractivity contribution is -0.141. The van der Waals surface area contributed by atoms with Gasteiger partial charge in [0.15, 0.2) is 0 Å². The van der Waals surface area contributed by atoms with Crippen LogP contribution in [0.25, 0.3) is 0 Å². The number of fused-ring (bicyclic) bond motifs is 1. The summed E-state index contributed by atoms with van der Waals surface area (Å²) in [6.07, 6.45) is 11.4. The van der Waals surface area contributed by atoms with Gasteiger partial charge in [0, 0.05) is 23.2 Å². The number of amides is 3. The highest BCUT2D eigenvalue weighted by Gasteiger charge is 2.72. The first-order valence-corrected chi connectivity index (χ1v) is 14.5. The van der Waals surface area contributed by atoms with Crippen molar-refractivity contribution in [1.82, 2.24) is 10.2 Å². The number of benzene rings is 1. The van der Waals surface area contributed by atoms with Crippen LogP contribution < -0.4 is 10.6 Å². The molecule has 4 aliphatic rings. The molecule has 3 heterocycles. The number of ether oxygens (including phenoxy) is 1. The highest BCUT2D eigenvalue weighted by Crippen LogP contribution is 2.55. The summed E-state index contributed by atoms with van der Waals surface area (Å²) in [4.78, 5) is 44.0. The average molecular weight is 512 g/mol. The fourth-order valence-corrected chi connectivity index (χ4v) is 6.82. The first-order chi connectivity index (χ1) is 17.3. The third-order valence-corrected chi connectivity index (χ3v) is 8.89. The quantitative estimate of drug-likeness (QED) is 0.407. The molecule has 2 bridgehead atoms. The molecule has 1 aromatic rings. The zero-order valence-corrected chi connectivity index (χ0v) is 22.2. The monoisotopic (exact) mass is 511 g/mol.